The molecule has 3 aromatic carbocycles. The summed E-state index contributed by atoms with van der Waals surface area (Å²) in [4.78, 5) is 24.7. The topological polar surface area (TPSA) is 52.6 Å². The predicted octanol–water partition coefficient (Wildman–Crippen LogP) is 10.4. The second-order valence-corrected chi connectivity index (χ2v) is 10.5. The molecule has 0 atom stereocenters. The van der Waals surface area contributed by atoms with E-state index in [-0.39, 0.29) is 0 Å². The summed E-state index contributed by atoms with van der Waals surface area (Å²) in [6, 6.07) is 25.7. The summed E-state index contributed by atoms with van der Waals surface area (Å²) in [6.45, 7) is 7.32. The van der Waals surface area contributed by atoms with E-state index in [0.29, 0.717) is 24.3 Å². The number of hydrogen-bond donors (Lipinski definition) is 0. The molecule has 4 nitrogen and oxygen atoms in total. The first-order valence-electron chi connectivity index (χ1n) is 15.6. The van der Waals surface area contributed by atoms with Gasteiger partial charge in [-0.2, -0.15) is 0 Å². The van der Waals surface area contributed by atoms with Crippen LogP contribution < -0.4 is 0 Å². The van der Waals surface area contributed by atoms with Crippen molar-refractivity contribution in [2.24, 2.45) is 0 Å². The highest BCUT2D eigenvalue weighted by atomic mass is 16.5. The molecule has 0 saturated heterocycles. The summed E-state index contributed by atoms with van der Waals surface area (Å²) in [6.07, 6.45) is 13.6. The second kappa shape index (κ2) is 21.4. The van der Waals surface area contributed by atoms with Gasteiger partial charge < -0.3 is 9.47 Å². The first-order chi connectivity index (χ1) is 20.1. The lowest BCUT2D eigenvalue weighted by molar-refractivity contribution is 0.0450. The van der Waals surface area contributed by atoms with E-state index in [1.807, 2.05) is 6.07 Å². The van der Waals surface area contributed by atoms with Gasteiger partial charge in [-0.3, -0.25) is 0 Å². The van der Waals surface area contributed by atoms with Crippen LogP contribution in [0.3, 0.4) is 0 Å². The molecular weight excluding hydrogens is 508 g/mol. The zero-order chi connectivity index (χ0) is 29.5. The Labute approximate surface area is 248 Å². The molecule has 3 aromatic rings. The maximum atomic E-state index is 12.4. The Morgan fingerprint density at radius 1 is 0.512 bits per heavy atom. The molecule has 0 N–H and O–H groups in total. The smallest absolute Gasteiger partial charge is 0.339 e. The minimum atomic E-state index is -0.444. The molecule has 0 saturated carbocycles. The summed E-state index contributed by atoms with van der Waals surface area (Å²) in [5.41, 5.74) is 4.53. The molecule has 0 amide bonds. The van der Waals surface area contributed by atoms with Gasteiger partial charge in [-0.1, -0.05) is 145 Å². The van der Waals surface area contributed by atoms with Gasteiger partial charge in [-0.05, 0) is 48.6 Å². The van der Waals surface area contributed by atoms with Crippen LogP contribution in [0.1, 0.15) is 117 Å². The number of rotatable bonds is 17. The number of unbranched alkanes of at least 4 members (excludes halogenated alkanes) is 10. The minimum Gasteiger partial charge on any atom is -0.462 e. The zero-order valence-corrected chi connectivity index (χ0v) is 25.5. The van der Waals surface area contributed by atoms with Crippen molar-refractivity contribution in [1.82, 2.24) is 0 Å². The number of carbonyl (C=O) groups excluding carboxylic acids is 2. The zero-order valence-electron chi connectivity index (χ0n) is 25.5. The van der Waals surface area contributed by atoms with Gasteiger partial charge in [0.2, 0.25) is 0 Å². The van der Waals surface area contributed by atoms with Crippen molar-refractivity contribution in [3.05, 3.63) is 95.6 Å². The molecule has 222 valence electrons. The molecule has 0 aliphatic carbocycles. The molecule has 0 aliphatic rings. The van der Waals surface area contributed by atoms with Crippen molar-refractivity contribution in [2.45, 2.75) is 97.8 Å². The molecule has 0 aromatic heterocycles. The maximum absolute atomic E-state index is 12.4. The van der Waals surface area contributed by atoms with Crippen molar-refractivity contribution >= 4 is 11.9 Å². The number of esters is 2. The molecule has 0 radical (unpaired) electrons. The third-order valence-electron chi connectivity index (χ3n) is 7.06. The van der Waals surface area contributed by atoms with E-state index in [2.05, 4.69) is 69.3 Å². The van der Waals surface area contributed by atoms with Crippen LogP contribution >= 0.6 is 0 Å². The lowest BCUT2D eigenvalue weighted by atomic mass is 10.0. The van der Waals surface area contributed by atoms with E-state index < -0.39 is 11.9 Å². The minimum absolute atomic E-state index is 0.293. The second-order valence-electron chi connectivity index (χ2n) is 10.5. The molecule has 0 unspecified atom stereocenters. The number of hydrogen-bond acceptors (Lipinski definition) is 4. The van der Waals surface area contributed by atoms with Crippen LogP contribution in [-0.2, 0) is 9.47 Å². The van der Waals surface area contributed by atoms with Gasteiger partial charge >= 0.3 is 11.9 Å². The van der Waals surface area contributed by atoms with E-state index >= 15 is 0 Å². The van der Waals surface area contributed by atoms with Crippen LogP contribution in [0.5, 0.6) is 0 Å². The highest BCUT2D eigenvalue weighted by Crippen LogP contribution is 2.22. The molecule has 0 heterocycles. The van der Waals surface area contributed by atoms with E-state index in [1.54, 1.807) is 24.3 Å². The molecule has 0 fully saturated rings. The van der Waals surface area contributed by atoms with Crippen molar-refractivity contribution in [2.75, 3.05) is 13.2 Å². The first-order valence-corrected chi connectivity index (χ1v) is 15.6. The van der Waals surface area contributed by atoms with Crippen LogP contribution in [-0.4, -0.2) is 25.2 Å². The average Bonchev–Trinajstić information content (AvgIpc) is 3.01. The van der Waals surface area contributed by atoms with Gasteiger partial charge in [0.25, 0.3) is 0 Å². The third-order valence-corrected chi connectivity index (χ3v) is 7.06. The van der Waals surface area contributed by atoms with Crippen LogP contribution in [0.4, 0.5) is 0 Å². The van der Waals surface area contributed by atoms with Crippen molar-refractivity contribution in [1.29, 1.82) is 0 Å². The molecule has 3 rings (SSSR count). The number of aryl methyl sites for hydroxylation is 1. The molecule has 0 bridgehead atoms. The van der Waals surface area contributed by atoms with E-state index in [9.17, 15) is 9.59 Å². The monoisotopic (exact) mass is 558 g/mol. The highest BCUT2D eigenvalue weighted by molar-refractivity contribution is 6.03. The Morgan fingerprint density at radius 3 is 1.41 bits per heavy atom. The SMILES string of the molecule is CCCCCCCCOC(=O)c1ccccc1C(=O)OCCCCCCCC.Cc1ccccc1-c1ccccc1. The Hall–Kier alpha value is -3.40. The fourth-order valence-corrected chi connectivity index (χ4v) is 4.60. The summed E-state index contributed by atoms with van der Waals surface area (Å²) in [5, 5.41) is 0. The van der Waals surface area contributed by atoms with Gasteiger partial charge in [0, 0.05) is 0 Å². The van der Waals surface area contributed by atoms with Crippen molar-refractivity contribution in [3.8, 4) is 11.1 Å². The highest BCUT2D eigenvalue weighted by Gasteiger charge is 2.18. The fraction of sp³-hybridized carbons (Fsp3) is 0.459. The summed E-state index contributed by atoms with van der Waals surface area (Å²) < 4.78 is 10.7. The van der Waals surface area contributed by atoms with Crippen LogP contribution in [0.2, 0.25) is 0 Å². The standard InChI is InChI=1S/C24H38O4.C13H12/c1-3-5-7-9-11-15-19-27-23(25)21-17-13-14-18-22(21)24(26)28-20-16-12-10-8-6-4-2;1-11-7-5-6-10-13(11)12-8-3-2-4-9-12/h13-14,17-18H,3-12,15-16,19-20H2,1-2H3;2-10H,1H3. The average molecular weight is 559 g/mol. The Morgan fingerprint density at radius 2 is 0.927 bits per heavy atom. The Balaban J connectivity index is 0.000000372. The third kappa shape index (κ3) is 13.7. The molecule has 41 heavy (non-hydrogen) atoms. The van der Waals surface area contributed by atoms with Gasteiger partial charge in [0.1, 0.15) is 0 Å². The molecular formula is C37H50O4. The predicted molar refractivity (Wildman–Crippen MR) is 170 cm³/mol. The summed E-state index contributed by atoms with van der Waals surface area (Å²) in [7, 11) is 0. The van der Waals surface area contributed by atoms with Crippen molar-refractivity contribution < 1.29 is 19.1 Å². The largest absolute Gasteiger partial charge is 0.462 e. The Kier molecular flexibility index (Phi) is 17.6. The molecule has 0 aliphatic heterocycles. The fourth-order valence-electron chi connectivity index (χ4n) is 4.60. The normalized spacial score (nSPS) is 10.4. The summed E-state index contributed by atoms with van der Waals surface area (Å²) >= 11 is 0. The van der Waals surface area contributed by atoms with Gasteiger partial charge in [-0.25, -0.2) is 9.59 Å². The Bertz CT molecular complexity index is 1070. The van der Waals surface area contributed by atoms with Crippen molar-refractivity contribution in [3.63, 3.8) is 0 Å². The molecule has 4 heteroatoms. The van der Waals surface area contributed by atoms with E-state index in [4.69, 9.17) is 9.47 Å². The number of carbonyl (C=O) groups is 2. The quantitative estimate of drug-likeness (QED) is 0.122. The van der Waals surface area contributed by atoms with E-state index in [1.165, 1.54) is 68.1 Å². The summed E-state index contributed by atoms with van der Waals surface area (Å²) in [5.74, 6) is -0.888. The molecule has 0 spiro atoms. The number of benzene rings is 3. The number of ether oxygens (including phenoxy) is 2. The first kappa shape index (κ1) is 33.8. The van der Waals surface area contributed by atoms with E-state index in [0.717, 1.165) is 25.7 Å². The van der Waals surface area contributed by atoms with Crippen LogP contribution in [0, 0.1) is 6.92 Å². The van der Waals surface area contributed by atoms with Gasteiger partial charge in [-0.15, -0.1) is 0 Å². The lowest BCUT2D eigenvalue weighted by Crippen LogP contribution is -2.15. The van der Waals surface area contributed by atoms with Crippen LogP contribution in [0.25, 0.3) is 11.1 Å². The lowest BCUT2D eigenvalue weighted by Gasteiger charge is -2.10. The van der Waals surface area contributed by atoms with Crippen LogP contribution in [0.15, 0.2) is 78.9 Å². The van der Waals surface area contributed by atoms with Gasteiger partial charge in [0.05, 0.1) is 24.3 Å². The maximum Gasteiger partial charge on any atom is 0.339 e. The van der Waals surface area contributed by atoms with Gasteiger partial charge in [0.15, 0.2) is 0 Å².